The van der Waals surface area contributed by atoms with Crippen LogP contribution in [0, 0.1) is 0 Å². The van der Waals surface area contributed by atoms with Crippen LogP contribution in [0.3, 0.4) is 0 Å². The third-order valence-electron chi connectivity index (χ3n) is 1.98. The molecule has 1 rings (SSSR count). The molecule has 0 aliphatic rings. The first-order chi connectivity index (χ1) is 7.67. The van der Waals surface area contributed by atoms with Gasteiger partial charge in [0.2, 0.25) is 0 Å². The summed E-state index contributed by atoms with van der Waals surface area (Å²) < 4.78 is 18.5. The highest BCUT2D eigenvalue weighted by atomic mass is 19.1. The lowest BCUT2D eigenvalue weighted by Gasteiger charge is -2.00. The summed E-state index contributed by atoms with van der Waals surface area (Å²) in [5.74, 6) is 0.312. The van der Waals surface area contributed by atoms with Crippen molar-refractivity contribution in [1.82, 2.24) is 0 Å². The molecule has 0 aromatic heterocycles. The third-order valence-corrected chi connectivity index (χ3v) is 1.98. The Morgan fingerprint density at radius 1 is 1.25 bits per heavy atom. The van der Waals surface area contributed by atoms with Crippen LogP contribution >= 0.6 is 0 Å². The van der Waals surface area contributed by atoms with Crippen LogP contribution in [-0.2, 0) is 4.84 Å². The van der Waals surface area contributed by atoms with E-state index < -0.39 is 5.83 Å². The fourth-order valence-electron chi connectivity index (χ4n) is 1.13. The summed E-state index contributed by atoms with van der Waals surface area (Å²) in [5, 5.41) is 3.50. The van der Waals surface area contributed by atoms with Gasteiger partial charge in [-0.15, -0.1) is 0 Å². The Labute approximate surface area is 94.2 Å². The average Bonchev–Trinajstić information content (AvgIpc) is 2.30. The summed E-state index contributed by atoms with van der Waals surface area (Å²) in [6, 6.07) is 7.06. The van der Waals surface area contributed by atoms with Crippen LogP contribution in [0.25, 0.3) is 6.08 Å². The SMILES string of the molecule is CO/N=C(C)/C(F)=C/c1ccc(OC)cc1. The molecular formula is C12H14FNO2. The van der Waals surface area contributed by atoms with Gasteiger partial charge in [0.1, 0.15) is 24.4 Å². The normalized spacial score (nSPS) is 12.5. The fourth-order valence-corrected chi connectivity index (χ4v) is 1.13. The smallest absolute Gasteiger partial charge is 0.148 e. The number of hydrogen-bond acceptors (Lipinski definition) is 3. The lowest BCUT2D eigenvalue weighted by atomic mass is 10.2. The van der Waals surface area contributed by atoms with Crippen molar-refractivity contribution in [2.24, 2.45) is 5.16 Å². The van der Waals surface area contributed by atoms with Gasteiger partial charge in [0, 0.05) is 0 Å². The van der Waals surface area contributed by atoms with Gasteiger partial charge in [0.15, 0.2) is 0 Å². The van der Waals surface area contributed by atoms with Crippen molar-refractivity contribution in [2.45, 2.75) is 6.92 Å². The van der Waals surface area contributed by atoms with Crippen molar-refractivity contribution in [1.29, 1.82) is 0 Å². The Morgan fingerprint density at radius 2 is 1.88 bits per heavy atom. The molecule has 0 fully saturated rings. The van der Waals surface area contributed by atoms with Gasteiger partial charge in [0.25, 0.3) is 0 Å². The highest BCUT2D eigenvalue weighted by Crippen LogP contribution is 2.15. The highest BCUT2D eigenvalue weighted by molar-refractivity contribution is 5.99. The van der Waals surface area contributed by atoms with Crippen LogP contribution in [0.1, 0.15) is 12.5 Å². The van der Waals surface area contributed by atoms with Crippen LogP contribution < -0.4 is 4.74 Å². The van der Waals surface area contributed by atoms with E-state index in [-0.39, 0.29) is 5.71 Å². The summed E-state index contributed by atoms with van der Waals surface area (Å²) in [6.45, 7) is 1.54. The Balaban J connectivity index is 2.85. The van der Waals surface area contributed by atoms with Crippen LogP contribution in [0.5, 0.6) is 5.75 Å². The lowest BCUT2D eigenvalue weighted by molar-refractivity contribution is 0.213. The summed E-state index contributed by atoms with van der Waals surface area (Å²) in [7, 11) is 2.96. The zero-order chi connectivity index (χ0) is 12.0. The van der Waals surface area contributed by atoms with Crippen molar-refractivity contribution >= 4 is 11.8 Å². The highest BCUT2D eigenvalue weighted by Gasteiger charge is 2.01. The minimum absolute atomic E-state index is 0.207. The van der Waals surface area contributed by atoms with E-state index in [0.717, 1.165) is 11.3 Å². The standard InChI is InChI=1S/C12H14FNO2/c1-9(14-16-3)12(13)8-10-4-6-11(15-2)7-5-10/h4-8H,1-3H3/b12-8-,14-9+. The zero-order valence-corrected chi connectivity index (χ0v) is 9.53. The first-order valence-corrected chi connectivity index (χ1v) is 4.76. The molecule has 1 aromatic carbocycles. The number of methoxy groups -OCH3 is 1. The number of allylic oxidation sites excluding steroid dienone is 1. The number of ether oxygens (including phenoxy) is 1. The quantitative estimate of drug-likeness (QED) is 0.580. The molecule has 0 saturated carbocycles. The van der Waals surface area contributed by atoms with Gasteiger partial charge in [0.05, 0.1) is 7.11 Å². The van der Waals surface area contributed by atoms with E-state index in [4.69, 9.17) is 4.74 Å². The molecule has 4 heteroatoms. The Morgan fingerprint density at radius 3 is 2.38 bits per heavy atom. The van der Waals surface area contributed by atoms with Gasteiger partial charge in [-0.25, -0.2) is 4.39 Å². The van der Waals surface area contributed by atoms with Crippen molar-refractivity contribution in [3.8, 4) is 5.75 Å². The van der Waals surface area contributed by atoms with Gasteiger partial charge in [-0.2, -0.15) is 0 Å². The minimum atomic E-state index is -0.424. The number of benzene rings is 1. The molecule has 16 heavy (non-hydrogen) atoms. The monoisotopic (exact) mass is 223 g/mol. The molecule has 0 spiro atoms. The molecule has 0 aliphatic heterocycles. The van der Waals surface area contributed by atoms with Crippen molar-refractivity contribution < 1.29 is 14.0 Å². The Hall–Kier alpha value is -1.84. The number of rotatable bonds is 4. The van der Waals surface area contributed by atoms with Crippen molar-refractivity contribution in [3.63, 3.8) is 0 Å². The maximum atomic E-state index is 13.5. The molecule has 86 valence electrons. The molecule has 0 radical (unpaired) electrons. The maximum Gasteiger partial charge on any atom is 0.148 e. The van der Waals surface area contributed by atoms with Crippen LogP contribution in [0.4, 0.5) is 4.39 Å². The average molecular weight is 223 g/mol. The van der Waals surface area contributed by atoms with Gasteiger partial charge < -0.3 is 9.57 Å². The molecule has 0 bridgehead atoms. The lowest BCUT2D eigenvalue weighted by Crippen LogP contribution is -1.92. The van der Waals surface area contributed by atoms with Crippen molar-refractivity contribution in [2.75, 3.05) is 14.2 Å². The second-order valence-corrected chi connectivity index (χ2v) is 3.12. The van der Waals surface area contributed by atoms with Crippen LogP contribution in [0.15, 0.2) is 35.2 Å². The van der Waals surface area contributed by atoms with Crippen LogP contribution in [-0.4, -0.2) is 19.9 Å². The molecule has 0 saturated heterocycles. The topological polar surface area (TPSA) is 30.8 Å². The largest absolute Gasteiger partial charge is 0.497 e. The summed E-state index contributed by atoms with van der Waals surface area (Å²) in [5.41, 5.74) is 0.947. The molecule has 0 aliphatic carbocycles. The van der Waals surface area contributed by atoms with Crippen molar-refractivity contribution in [3.05, 3.63) is 35.7 Å². The summed E-state index contributed by atoms with van der Waals surface area (Å²) in [6.07, 6.45) is 1.39. The third kappa shape index (κ3) is 3.38. The molecule has 3 nitrogen and oxygen atoms in total. The van der Waals surface area contributed by atoms with Gasteiger partial charge in [-0.1, -0.05) is 17.3 Å². The van der Waals surface area contributed by atoms with Gasteiger partial charge in [-0.3, -0.25) is 0 Å². The fraction of sp³-hybridized carbons (Fsp3) is 0.250. The zero-order valence-electron chi connectivity index (χ0n) is 9.53. The maximum absolute atomic E-state index is 13.5. The number of nitrogens with zero attached hydrogens (tertiary/aromatic N) is 1. The molecule has 0 atom stereocenters. The van der Waals surface area contributed by atoms with Gasteiger partial charge >= 0.3 is 0 Å². The summed E-state index contributed by atoms with van der Waals surface area (Å²) >= 11 is 0. The number of oxime groups is 1. The first kappa shape index (κ1) is 12.2. The van der Waals surface area contributed by atoms with E-state index in [1.807, 2.05) is 0 Å². The molecule has 0 amide bonds. The Kier molecular flexibility index (Phi) is 4.51. The molecule has 1 aromatic rings. The molecule has 0 N–H and O–H groups in total. The Bertz CT molecular complexity index is 396. The van der Waals surface area contributed by atoms with Crippen LogP contribution in [0.2, 0.25) is 0 Å². The number of hydrogen-bond donors (Lipinski definition) is 0. The first-order valence-electron chi connectivity index (χ1n) is 4.76. The number of halogens is 1. The molecule has 0 unspecified atom stereocenters. The minimum Gasteiger partial charge on any atom is -0.497 e. The van der Waals surface area contributed by atoms with E-state index in [9.17, 15) is 4.39 Å². The van der Waals surface area contributed by atoms with E-state index in [1.54, 1.807) is 38.3 Å². The second kappa shape index (κ2) is 5.90. The van der Waals surface area contributed by atoms with E-state index in [0.29, 0.717) is 0 Å². The molecular weight excluding hydrogens is 209 g/mol. The van der Waals surface area contributed by atoms with E-state index in [1.165, 1.54) is 13.2 Å². The van der Waals surface area contributed by atoms with E-state index >= 15 is 0 Å². The van der Waals surface area contributed by atoms with Gasteiger partial charge in [-0.05, 0) is 30.7 Å². The second-order valence-electron chi connectivity index (χ2n) is 3.12. The molecule has 0 heterocycles. The predicted octanol–water partition coefficient (Wildman–Crippen LogP) is 3.03. The van der Waals surface area contributed by atoms with E-state index in [2.05, 4.69) is 9.99 Å². The summed E-state index contributed by atoms with van der Waals surface area (Å²) in [4.78, 5) is 4.49. The predicted molar refractivity (Wildman–Crippen MR) is 62.2 cm³/mol.